The zero-order chi connectivity index (χ0) is 23.9. The first kappa shape index (κ1) is 23.3. The summed E-state index contributed by atoms with van der Waals surface area (Å²) in [5.74, 6) is 1.52. The first-order valence-corrected chi connectivity index (χ1v) is 12.5. The second-order valence-electron chi connectivity index (χ2n) is 9.03. The minimum Gasteiger partial charge on any atom is -0.467 e. The van der Waals surface area contributed by atoms with Gasteiger partial charge in [-0.1, -0.05) is 25.0 Å². The maximum atomic E-state index is 5.59. The maximum Gasteiger partial charge on any atom is 0.210 e. The van der Waals surface area contributed by atoms with Crippen molar-refractivity contribution in [3.8, 4) is 11.1 Å². The van der Waals surface area contributed by atoms with Crippen LogP contribution in [0.5, 0.6) is 0 Å². The van der Waals surface area contributed by atoms with E-state index in [0.29, 0.717) is 12.5 Å². The van der Waals surface area contributed by atoms with E-state index in [9.17, 15) is 0 Å². The highest BCUT2D eigenvalue weighted by Crippen LogP contribution is 2.27. The topological polar surface area (TPSA) is 101 Å². The molecule has 9 nitrogen and oxygen atoms in total. The Kier molecular flexibility index (Phi) is 7.55. The highest BCUT2D eigenvalue weighted by atomic mass is 16.3. The van der Waals surface area contributed by atoms with E-state index in [4.69, 9.17) is 10.2 Å². The van der Waals surface area contributed by atoms with Crippen LogP contribution in [0.1, 0.15) is 31.4 Å². The second kappa shape index (κ2) is 11.3. The number of benzene rings is 1. The van der Waals surface area contributed by atoms with Crippen LogP contribution >= 0.6 is 0 Å². The molecule has 0 radical (unpaired) electrons. The smallest absolute Gasteiger partial charge is 0.210 e. The van der Waals surface area contributed by atoms with E-state index < -0.39 is 0 Å². The normalized spacial score (nSPS) is 14.6. The second-order valence-corrected chi connectivity index (χ2v) is 9.03. The van der Waals surface area contributed by atoms with Gasteiger partial charge < -0.3 is 20.4 Å². The quantitative estimate of drug-likeness (QED) is 0.318. The highest BCUT2D eigenvalue weighted by molar-refractivity contribution is 5.78. The molecule has 35 heavy (non-hydrogen) atoms. The van der Waals surface area contributed by atoms with Gasteiger partial charge in [-0.25, -0.2) is 4.98 Å². The summed E-state index contributed by atoms with van der Waals surface area (Å²) in [6, 6.07) is 12.5. The number of nitrogens with two attached hydrogens (primary N) is 1. The third-order valence-electron chi connectivity index (χ3n) is 6.68. The van der Waals surface area contributed by atoms with Crippen molar-refractivity contribution >= 4 is 17.3 Å². The summed E-state index contributed by atoms with van der Waals surface area (Å²) in [6.45, 7) is 6.92. The first-order chi connectivity index (χ1) is 17.3. The van der Waals surface area contributed by atoms with Gasteiger partial charge in [0.25, 0.3) is 0 Å². The van der Waals surface area contributed by atoms with Crippen LogP contribution in [0.25, 0.3) is 16.8 Å². The lowest BCUT2D eigenvalue weighted by atomic mass is 10.1. The lowest BCUT2D eigenvalue weighted by Crippen LogP contribution is -2.46. The molecular formula is C26H34N8O. The summed E-state index contributed by atoms with van der Waals surface area (Å²) in [4.78, 5) is 9.68. The fourth-order valence-electron chi connectivity index (χ4n) is 4.65. The number of anilines is 2. The highest BCUT2D eigenvalue weighted by Gasteiger charge is 2.17. The lowest BCUT2D eigenvalue weighted by Gasteiger charge is -2.36. The van der Waals surface area contributed by atoms with E-state index in [2.05, 4.69) is 54.6 Å². The van der Waals surface area contributed by atoms with E-state index in [1.54, 1.807) is 12.6 Å². The van der Waals surface area contributed by atoms with Crippen molar-refractivity contribution in [2.24, 2.45) is 5.73 Å². The molecule has 0 aliphatic carbocycles. The minimum atomic E-state index is 0.545. The molecule has 4 aromatic rings. The van der Waals surface area contributed by atoms with Gasteiger partial charge in [-0.2, -0.15) is 0 Å². The Labute approximate surface area is 206 Å². The van der Waals surface area contributed by atoms with Crippen LogP contribution in [0.4, 0.5) is 11.6 Å². The van der Waals surface area contributed by atoms with Crippen LogP contribution in [-0.2, 0) is 6.54 Å². The number of piperazine rings is 1. The third kappa shape index (κ3) is 5.63. The Balaban J connectivity index is 1.20. The van der Waals surface area contributed by atoms with Gasteiger partial charge in [0.2, 0.25) is 5.95 Å². The van der Waals surface area contributed by atoms with E-state index in [1.807, 2.05) is 22.7 Å². The number of rotatable bonds is 11. The molecule has 0 bridgehead atoms. The van der Waals surface area contributed by atoms with Crippen LogP contribution in [0, 0.1) is 0 Å². The predicted octanol–water partition coefficient (Wildman–Crippen LogP) is 3.64. The summed E-state index contributed by atoms with van der Waals surface area (Å²) in [7, 11) is 0. The Hall–Kier alpha value is -3.43. The van der Waals surface area contributed by atoms with Crippen LogP contribution in [0.3, 0.4) is 0 Å². The van der Waals surface area contributed by atoms with E-state index >= 15 is 0 Å². The van der Waals surface area contributed by atoms with Crippen LogP contribution in [-0.4, -0.2) is 63.8 Å². The minimum absolute atomic E-state index is 0.545. The molecule has 1 saturated heterocycles. The van der Waals surface area contributed by atoms with Gasteiger partial charge in [-0.05, 0) is 55.8 Å². The van der Waals surface area contributed by atoms with Gasteiger partial charge >= 0.3 is 0 Å². The van der Waals surface area contributed by atoms with E-state index in [1.165, 1.54) is 31.5 Å². The average Bonchev–Trinajstić information content (AvgIpc) is 3.61. The summed E-state index contributed by atoms with van der Waals surface area (Å²) in [6.07, 6.45) is 10.2. The van der Waals surface area contributed by atoms with Crippen molar-refractivity contribution in [2.75, 3.05) is 49.5 Å². The molecule has 1 aromatic carbocycles. The van der Waals surface area contributed by atoms with Crippen molar-refractivity contribution in [1.82, 2.24) is 24.5 Å². The molecule has 4 heterocycles. The number of aromatic nitrogens is 4. The number of hydrogen-bond donors (Lipinski definition) is 2. The molecule has 0 unspecified atom stereocenters. The largest absolute Gasteiger partial charge is 0.467 e. The van der Waals surface area contributed by atoms with Crippen molar-refractivity contribution in [3.63, 3.8) is 0 Å². The standard InChI is InChI=1S/C26H34N8O/c27-11-3-1-2-4-12-32-13-15-33(16-14-32)22-9-7-21(8-10-22)24-19-29-26(34-20-30-31-25(24)34)28-18-23-6-5-17-35-23/h5-10,17,19-20H,1-4,11-16,18,27H2,(H,28,29). The molecule has 3 aromatic heterocycles. The van der Waals surface area contributed by atoms with Crippen LogP contribution in [0.15, 0.2) is 59.6 Å². The summed E-state index contributed by atoms with van der Waals surface area (Å²) < 4.78 is 7.27. The first-order valence-electron chi connectivity index (χ1n) is 12.5. The SMILES string of the molecule is NCCCCCCN1CCN(c2ccc(-c3cnc(NCc4ccco4)n4cnnc34)cc2)CC1. The number of hydrogen-bond acceptors (Lipinski definition) is 8. The van der Waals surface area contributed by atoms with Gasteiger partial charge in [0.1, 0.15) is 12.1 Å². The molecule has 1 aliphatic heterocycles. The zero-order valence-corrected chi connectivity index (χ0v) is 20.1. The third-order valence-corrected chi connectivity index (χ3v) is 6.68. The van der Waals surface area contributed by atoms with E-state index in [0.717, 1.165) is 61.7 Å². The zero-order valence-electron chi connectivity index (χ0n) is 20.1. The predicted molar refractivity (Wildman–Crippen MR) is 138 cm³/mol. The number of furan rings is 1. The summed E-state index contributed by atoms with van der Waals surface area (Å²) in [5.41, 5.74) is 9.65. The Morgan fingerprint density at radius 3 is 2.57 bits per heavy atom. The van der Waals surface area contributed by atoms with Gasteiger partial charge in [0, 0.05) is 43.6 Å². The molecular weight excluding hydrogens is 440 g/mol. The number of fused-ring (bicyclic) bond motifs is 1. The molecule has 0 amide bonds. The maximum absolute atomic E-state index is 5.59. The molecule has 0 saturated carbocycles. The molecule has 5 rings (SSSR count). The van der Waals surface area contributed by atoms with Crippen molar-refractivity contribution in [2.45, 2.75) is 32.2 Å². The summed E-state index contributed by atoms with van der Waals surface area (Å²) >= 11 is 0. The van der Waals surface area contributed by atoms with Crippen LogP contribution < -0.4 is 16.0 Å². The molecule has 0 spiro atoms. The van der Waals surface area contributed by atoms with Crippen molar-refractivity contribution < 1.29 is 4.42 Å². The van der Waals surface area contributed by atoms with Crippen LogP contribution in [0.2, 0.25) is 0 Å². The molecule has 1 aliphatic rings. The number of unbranched alkanes of at least 4 members (excludes halogenated alkanes) is 3. The lowest BCUT2D eigenvalue weighted by molar-refractivity contribution is 0.252. The monoisotopic (exact) mass is 474 g/mol. The average molecular weight is 475 g/mol. The van der Waals surface area contributed by atoms with Crippen molar-refractivity contribution in [1.29, 1.82) is 0 Å². The number of nitrogens with one attached hydrogen (secondary N) is 1. The Morgan fingerprint density at radius 1 is 0.971 bits per heavy atom. The van der Waals surface area contributed by atoms with E-state index in [-0.39, 0.29) is 0 Å². The van der Waals surface area contributed by atoms with Gasteiger partial charge in [0.15, 0.2) is 5.65 Å². The number of nitrogens with zero attached hydrogens (tertiary/aromatic N) is 6. The fraction of sp³-hybridized carbons (Fsp3) is 0.423. The Morgan fingerprint density at radius 2 is 1.80 bits per heavy atom. The molecule has 9 heteroatoms. The van der Waals surface area contributed by atoms with Gasteiger partial charge in [-0.3, -0.25) is 9.30 Å². The molecule has 3 N–H and O–H groups in total. The van der Waals surface area contributed by atoms with Crippen molar-refractivity contribution in [3.05, 3.63) is 60.9 Å². The molecule has 0 atom stereocenters. The fourth-order valence-corrected chi connectivity index (χ4v) is 4.65. The summed E-state index contributed by atoms with van der Waals surface area (Å²) in [5, 5.41) is 11.8. The van der Waals surface area contributed by atoms with Gasteiger partial charge in [0.05, 0.1) is 12.8 Å². The van der Waals surface area contributed by atoms with Gasteiger partial charge in [-0.15, -0.1) is 10.2 Å². The Bertz CT molecular complexity index is 1180. The molecule has 184 valence electrons. The molecule has 1 fully saturated rings.